The number of hydrogen-bond donors (Lipinski definition) is 3. The zero-order chi connectivity index (χ0) is 19.9. The van der Waals surface area contributed by atoms with Crippen LogP contribution in [0, 0.1) is 0 Å². The molecule has 28 heavy (non-hydrogen) atoms. The number of ether oxygens (including phenoxy) is 2. The molecule has 3 rings (SSSR count). The highest BCUT2D eigenvalue weighted by Crippen LogP contribution is 2.37. The van der Waals surface area contributed by atoms with Crippen LogP contribution in [0.25, 0.3) is 0 Å². The van der Waals surface area contributed by atoms with Crippen LogP contribution in [0.2, 0.25) is 0 Å². The van der Waals surface area contributed by atoms with Crippen molar-refractivity contribution >= 4 is 23.4 Å². The van der Waals surface area contributed by atoms with Gasteiger partial charge in [-0.1, -0.05) is 0 Å². The molecule has 2 heterocycles. The first-order chi connectivity index (χ1) is 13.6. The minimum absolute atomic E-state index is 0.0874. The van der Waals surface area contributed by atoms with Crippen molar-refractivity contribution in [2.45, 2.75) is 51.7 Å². The number of nitrogens with one attached hydrogen (secondary N) is 2. The minimum atomic E-state index is -0.557. The van der Waals surface area contributed by atoms with Crippen LogP contribution in [0.1, 0.15) is 44.6 Å². The van der Waals surface area contributed by atoms with E-state index in [-0.39, 0.29) is 18.7 Å². The molecule has 0 spiro atoms. The largest absolute Gasteiger partial charge is 0.493 e. The summed E-state index contributed by atoms with van der Waals surface area (Å²) in [4.78, 5) is 25.7. The summed E-state index contributed by atoms with van der Waals surface area (Å²) in [5.74, 6) is 0.624. The Morgan fingerprint density at radius 1 is 1.36 bits per heavy atom. The van der Waals surface area contributed by atoms with Gasteiger partial charge in [-0.05, 0) is 51.2 Å². The SMILES string of the molecule is CCOC(=O)Nc1ccc(OCCCN2CCCCC2O)c2c1NC(=O)CC2. The van der Waals surface area contributed by atoms with Crippen molar-refractivity contribution in [3.05, 3.63) is 17.7 Å². The molecule has 0 radical (unpaired) electrons. The Morgan fingerprint density at radius 3 is 3.00 bits per heavy atom. The van der Waals surface area contributed by atoms with Crippen LogP contribution < -0.4 is 15.4 Å². The lowest BCUT2D eigenvalue weighted by molar-refractivity contribution is -0.116. The van der Waals surface area contributed by atoms with Crippen molar-refractivity contribution in [2.75, 3.05) is 36.9 Å². The first-order valence-corrected chi connectivity index (χ1v) is 10.0. The summed E-state index contributed by atoms with van der Waals surface area (Å²) in [5, 5.41) is 15.5. The van der Waals surface area contributed by atoms with E-state index in [9.17, 15) is 14.7 Å². The fraction of sp³-hybridized carbons (Fsp3) is 0.600. The molecular formula is C20H29N3O5. The molecule has 154 valence electrons. The maximum Gasteiger partial charge on any atom is 0.411 e. The van der Waals surface area contributed by atoms with Gasteiger partial charge in [0.1, 0.15) is 12.0 Å². The average molecular weight is 391 g/mol. The molecule has 8 nitrogen and oxygen atoms in total. The van der Waals surface area contributed by atoms with Crippen LogP contribution in [-0.2, 0) is 16.0 Å². The zero-order valence-electron chi connectivity index (χ0n) is 16.3. The Hall–Kier alpha value is -2.32. The molecule has 1 fully saturated rings. The van der Waals surface area contributed by atoms with Gasteiger partial charge in [-0.25, -0.2) is 4.79 Å². The smallest absolute Gasteiger partial charge is 0.411 e. The summed E-state index contributed by atoms with van der Waals surface area (Å²) < 4.78 is 10.9. The Kier molecular flexibility index (Phi) is 7.11. The lowest BCUT2D eigenvalue weighted by Gasteiger charge is -2.31. The number of likely N-dealkylation sites (tertiary alicyclic amines) is 1. The summed E-state index contributed by atoms with van der Waals surface area (Å²) in [6.45, 7) is 4.25. The fourth-order valence-electron chi connectivity index (χ4n) is 3.66. The lowest BCUT2D eigenvalue weighted by atomic mass is 10.0. The van der Waals surface area contributed by atoms with Crippen molar-refractivity contribution in [2.24, 2.45) is 0 Å². The molecule has 3 N–H and O–H groups in total. The predicted octanol–water partition coefficient (Wildman–Crippen LogP) is 2.71. The maximum absolute atomic E-state index is 11.8. The van der Waals surface area contributed by atoms with Crippen LogP contribution >= 0.6 is 0 Å². The van der Waals surface area contributed by atoms with Crippen LogP contribution in [-0.4, -0.2) is 54.5 Å². The minimum Gasteiger partial charge on any atom is -0.493 e. The Labute approximate surface area is 165 Å². The number of fused-ring (bicyclic) bond motifs is 1. The van der Waals surface area contributed by atoms with Gasteiger partial charge in [0.2, 0.25) is 5.91 Å². The molecule has 1 aromatic carbocycles. The summed E-state index contributed by atoms with van der Waals surface area (Å²) in [6.07, 6.45) is 3.89. The number of rotatable bonds is 7. The Balaban J connectivity index is 1.62. The topological polar surface area (TPSA) is 100 Å². The van der Waals surface area contributed by atoms with Gasteiger partial charge < -0.3 is 19.9 Å². The molecule has 8 heteroatoms. The summed E-state index contributed by atoms with van der Waals surface area (Å²) in [6, 6.07) is 3.53. The van der Waals surface area contributed by atoms with Gasteiger partial charge in [0.15, 0.2) is 0 Å². The lowest BCUT2D eigenvalue weighted by Crippen LogP contribution is -2.40. The highest BCUT2D eigenvalue weighted by molar-refractivity contribution is 6.01. The third-order valence-corrected chi connectivity index (χ3v) is 5.07. The van der Waals surface area contributed by atoms with Gasteiger partial charge in [-0.2, -0.15) is 0 Å². The van der Waals surface area contributed by atoms with Gasteiger partial charge in [0, 0.05) is 25.1 Å². The molecule has 0 bridgehead atoms. The quantitative estimate of drug-likeness (QED) is 0.618. The number of carbonyl (C=O) groups is 2. The summed E-state index contributed by atoms with van der Waals surface area (Å²) in [7, 11) is 0. The molecular weight excluding hydrogens is 362 g/mol. The van der Waals surface area contributed by atoms with E-state index in [0.717, 1.165) is 44.3 Å². The summed E-state index contributed by atoms with van der Waals surface area (Å²) in [5.41, 5.74) is 1.96. The highest BCUT2D eigenvalue weighted by Gasteiger charge is 2.23. The second-order valence-electron chi connectivity index (χ2n) is 7.07. The third kappa shape index (κ3) is 5.14. The van der Waals surface area contributed by atoms with Crippen LogP contribution in [0.15, 0.2) is 12.1 Å². The van der Waals surface area contributed by atoms with E-state index in [0.29, 0.717) is 36.6 Å². The van der Waals surface area contributed by atoms with E-state index >= 15 is 0 Å². The molecule has 2 aliphatic heterocycles. The molecule has 0 aliphatic carbocycles. The number of carbonyl (C=O) groups excluding carboxylic acids is 2. The van der Waals surface area contributed by atoms with Gasteiger partial charge in [-0.15, -0.1) is 0 Å². The number of piperidine rings is 1. The van der Waals surface area contributed by atoms with Crippen molar-refractivity contribution in [3.63, 3.8) is 0 Å². The van der Waals surface area contributed by atoms with Crippen LogP contribution in [0.3, 0.4) is 0 Å². The summed E-state index contributed by atoms with van der Waals surface area (Å²) >= 11 is 0. The molecule has 2 amide bonds. The zero-order valence-corrected chi connectivity index (χ0v) is 16.3. The third-order valence-electron chi connectivity index (χ3n) is 5.07. The maximum atomic E-state index is 11.8. The molecule has 1 unspecified atom stereocenters. The van der Waals surface area contributed by atoms with Crippen LogP contribution in [0.5, 0.6) is 5.75 Å². The number of hydrogen-bond acceptors (Lipinski definition) is 6. The molecule has 0 aromatic heterocycles. The average Bonchev–Trinajstić information content (AvgIpc) is 2.68. The fourth-order valence-corrected chi connectivity index (χ4v) is 3.66. The molecule has 2 aliphatic rings. The van der Waals surface area contributed by atoms with E-state index in [1.807, 2.05) is 6.07 Å². The van der Waals surface area contributed by atoms with Crippen molar-refractivity contribution in [1.82, 2.24) is 4.90 Å². The van der Waals surface area contributed by atoms with Gasteiger partial charge >= 0.3 is 6.09 Å². The van der Waals surface area contributed by atoms with Crippen molar-refractivity contribution in [1.29, 1.82) is 0 Å². The predicted molar refractivity (Wildman–Crippen MR) is 106 cm³/mol. The number of aliphatic hydroxyl groups is 1. The number of aliphatic hydroxyl groups excluding tert-OH is 1. The van der Waals surface area contributed by atoms with E-state index in [1.54, 1.807) is 13.0 Å². The molecule has 1 aromatic rings. The number of benzene rings is 1. The number of amides is 2. The van der Waals surface area contributed by atoms with Gasteiger partial charge in [0.25, 0.3) is 0 Å². The molecule has 1 atom stereocenters. The standard InChI is InChI=1S/C20H29N3O5/c1-2-27-20(26)21-15-8-9-16(14-7-10-17(24)22-19(14)15)28-13-5-12-23-11-4-3-6-18(23)25/h8-9,18,25H,2-7,10-13H2,1H3,(H,21,26)(H,22,24). The van der Waals surface area contributed by atoms with Crippen LogP contribution in [0.4, 0.5) is 16.2 Å². The van der Waals surface area contributed by atoms with Gasteiger partial charge in [-0.3, -0.25) is 15.0 Å². The Bertz CT molecular complexity index is 709. The molecule has 0 saturated carbocycles. The van der Waals surface area contributed by atoms with E-state index in [2.05, 4.69) is 15.5 Å². The van der Waals surface area contributed by atoms with Crippen molar-refractivity contribution < 1.29 is 24.2 Å². The number of anilines is 2. The first kappa shape index (κ1) is 20.4. The first-order valence-electron chi connectivity index (χ1n) is 10.0. The van der Waals surface area contributed by atoms with E-state index < -0.39 is 6.09 Å². The monoisotopic (exact) mass is 391 g/mol. The van der Waals surface area contributed by atoms with E-state index in [1.165, 1.54) is 0 Å². The second kappa shape index (κ2) is 9.75. The van der Waals surface area contributed by atoms with Crippen molar-refractivity contribution in [3.8, 4) is 5.75 Å². The Morgan fingerprint density at radius 2 is 2.21 bits per heavy atom. The van der Waals surface area contributed by atoms with E-state index in [4.69, 9.17) is 9.47 Å². The number of nitrogens with zero attached hydrogens (tertiary/aromatic N) is 1. The van der Waals surface area contributed by atoms with Gasteiger partial charge in [0.05, 0.1) is 24.6 Å². The normalized spacial score (nSPS) is 19.5. The molecule has 1 saturated heterocycles. The highest BCUT2D eigenvalue weighted by atomic mass is 16.5. The second-order valence-corrected chi connectivity index (χ2v) is 7.07.